The lowest BCUT2D eigenvalue weighted by Gasteiger charge is -2.05. The maximum Gasteiger partial charge on any atom is 0.372 e. The molecule has 3 heteroatoms. The molecule has 0 spiro atoms. The monoisotopic (exact) mass is 186 g/mol. The van der Waals surface area contributed by atoms with Crippen LogP contribution in [0.2, 0.25) is 0 Å². The molecule has 0 saturated carbocycles. The fourth-order valence-electron chi connectivity index (χ4n) is 1.22. The fourth-order valence-corrected chi connectivity index (χ4v) is 1.22. The third kappa shape index (κ3) is 5.39. The van der Waals surface area contributed by atoms with Gasteiger partial charge in [0.1, 0.15) is 0 Å². The largest absolute Gasteiger partial charge is 0.475 e. The van der Waals surface area contributed by atoms with E-state index in [9.17, 15) is 9.59 Å². The van der Waals surface area contributed by atoms with Gasteiger partial charge in [0.05, 0.1) is 0 Å². The van der Waals surface area contributed by atoms with Crippen LogP contribution in [0, 0.1) is 5.92 Å². The van der Waals surface area contributed by atoms with Crippen LogP contribution in [0.4, 0.5) is 0 Å². The molecule has 0 fully saturated rings. The highest BCUT2D eigenvalue weighted by Crippen LogP contribution is 2.11. The summed E-state index contributed by atoms with van der Waals surface area (Å²) in [6.07, 6.45) is 5.06. The van der Waals surface area contributed by atoms with E-state index in [-0.39, 0.29) is 5.92 Å². The minimum absolute atomic E-state index is 0.325. The van der Waals surface area contributed by atoms with Crippen LogP contribution in [-0.2, 0) is 9.59 Å². The minimum atomic E-state index is -1.30. The number of aliphatic carboxylic acids is 1. The van der Waals surface area contributed by atoms with Gasteiger partial charge in [-0.2, -0.15) is 0 Å². The topological polar surface area (TPSA) is 54.4 Å². The first kappa shape index (κ1) is 12.1. The second-order valence-corrected chi connectivity index (χ2v) is 3.42. The van der Waals surface area contributed by atoms with Gasteiger partial charge in [-0.05, 0) is 6.42 Å². The SMILES string of the molecule is CCCCCCC(C)C(=O)C(=O)O. The maximum absolute atomic E-state index is 10.9. The van der Waals surface area contributed by atoms with Gasteiger partial charge < -0.3 is 5.11 Å². The van der Waals surface area contributed by atoms with Crippen LogP contribution in [0.15, 0.2) is 0 Å². The molecular formula is C10H18O3. The van der Waals surface area contributed by atoms with Crippen molar-refractivity contribution in [1.82, 2.24) is 0 Å². The molecule has 3 nitrogen and oxygen atoms in total. The Morgan fingerprint density at radius 1 is 1.23 bits per heavy atom. The number of hydrogen-bond acceptors (Lipinski definition) is 2. The van der Waals surface area contributed by atoms with Gasteiger partial charge >= 0.3 is 5.97 Å². The normalized spacial score (nSPS) is 12.5. The van der Waals surface area contributed by atoms with Crippen molar-refractivity contribution in [3.8, 4) is 0 Å². The molecule has 0 aromatic heterocycles. The molecule has 0 rings (SSSR count). The highest BCUT2D eigenvalue weighted by atomic mass is 16.4. The smallest absolute Gasteiger partial charge is 0.372 e. The van der Waals surface area contributed by atoms with Crippen LogP contribution >= 0.6 is 0 Å². The number of carboxylic acid groups (broad SMARTS) is 1. The van der Waals surface area contributed by atoms with Crippen molar-refractivity contribution in [2.24, 2.45) is 5.92 Å². The molecule has 0 radical (unpaired) electrons. The van der Waals surface area contributed by atoms with Gasteiger partial charge in [-0.25, -0.2) is 4.79 Å². The Morgan fingerprint density at radius 2 is 1.85 bits per heavy atom. The average Bonchev–Trinajstić information content (AvgIpc) is 2.10. The maximum atomic E-state index is 10.9. The lowest BCUT2D eigenvalue weighted by molar-refractivity contribution is -0.150. The van der Waals surface area contributed by atoms with Crippen LogP contribution in [0.3, 0.4) is 0 Å². The summed E-state index contributed by atoms with van der Waals surface area (Å²) < 4.78 is 0. The van der Waals surface area contributed by atoms with Gasteiger partial charge in [-0.15, -0.1) is 0 Å². The average molecular weight is 186 g/mol. The zero-order valence-corrected chi connectivity index (χ0v) is 8.38. The van der Waals surface area contributed by atoms with E-state index in [0.29, 0.717) is 6.42 Å². The van der Waals surface area contributed by atoms with E-state index in [0.717, 1.165) is 25.7 Å². The Bertz CT molecular complexity index is 175. The summed E-state index contributed by atoms with van der Waals surface area (Å²) in [5.41, 5.74) is 0. The van der Waals surface area contributed by atoms with Gasteiger partial charge in [0.2, 0.25) is 5.78 Å². The zero-order chi connectivity index (χ0) is 10.3. The Hall–Kier alpha value is -0.860. The molecule has 76 valence electrons. The first-order chi connectivity index (χ1) is 6.09. The Morgan fingerprint density at radius 3 is 2.31 bits per heavy atom. The molecule has 13 heavy (non-hydrogen) atoms. The molecule has 0 aromatic carbocycles. The van der Waals surface area contributed by atoms with E-state index >= 15 is 0 Å². The van der Waals surface area contributed by atoms with E-state index in [4.69, 9.17) is 5.11 Å². The summed E-state index contributed by atoms with van der Waals surface area (Å²) in [4.78, 5) is 21.2. The van der Waals surface area contributed by atoms with Crippen molar-refractivity contribution in [3.63, 3.8) is 0 Å². The van der Waals surface area contributed by atoms with Crippen LogP contribution in [-0.4, -0.2) is 16.9 Å². The summed E-state index contributed by atoms with van der Waals surface area (Å²) in [7, 11) is 0. The number of ketones is 1. The second-order valence-electron chi connectivity index (χ2n) is 3.42. The number of rotatable bonds is 7. The predicted octanol–water partition coefficient (Wildman–Crippen LogP) is 2.25. The van der Waals surface area contributed by atoms with E-state index in [2.05, 4.69) is 6.92 Å². The Balaban J connectivity index is 3.56. The number of carboxylic acids is 1. The van der Waals surface area contributed by atoms with Crippen molar-refractivity contribution >= 4 is 11.8 Å². The summed E-state index contributed by atoms with van der Waals surface area (Å²) in [6, 6.07) is 0. The third-order valence-corrected chi connectivity index (χ3v) is 2.15. The number of hydrogen-bond donors (Lipinski definition) is 1. The molecule has 0 aliphatic heterocycles. The third-order valence-electron chi connectivity index (χ3n) is 2.15. The molecule has 0 heterocycles. The molecule has 1 unspecified atom stereocenters. The molecule has 0 aliphatic rings. The molecule has 0 saturated heterocycles. The van der Waals surface area contributed by atoms with Gasteiger partial charge in [-0.3, -0.25) is 4.79 Å². The lowest BCUT2D eigenvalue weighted by atomic mass is 9.98. The van der Waals surface area contributed by atoms with Gasteiger partial charge in [0.25, 0.3) is 0 Å². The van der Waals surface area contributed by atoms with Crippen molar-refractivity contribution in [2.75, 3.05) is 0 Å². The zero-order valence-electron chi connectivity index (χ0n) is 8.38. The summed E-state index contributed by atoms with van der Waals surface area (Å²) in [5.74, 6) is -2.28. The Kier molecular flexibility index (Phi) is 6.20. The molecule has 0 bridgehead atoms. The molecule has 0 aliphatic carbocycles. The summed E-state index contributed by atoms with van der Waals surface area (Å²) in [6.45, 7) is 3.80. The number of unbranched alkanes of at least 4 members (excludes halogenated alkanes) is 3. The highest BCUT2D eigenvalue weighted by molar-refractivity contribution is 6.33. The molecule has 0 aromatic rings. The fraction of sp³-hybridized carbons (Fsp3) is 0.800. The van der Waals surface area contributed by atoms with E-state index in [1.165, 1.54) is 0 Å². The molecule has 0 amide bonds. The standard InChI is InChI=1S/C10H18O3/c1-3-4-5-6-7-8(2)9(11)10(12)13/h8H,3-7H2,1-2H3,(H,12,13). The quantitative estimate of drug-likeness (QED) is 0.490. The van der Waals surface area contributed by atoms with E-state index in [1.54, 1.807) is 6.92 Å². The van der Waals surface area contributed by atoms with Gasteiger partial charge in [0.15, 0.2) is 0 Å². The minimum Gasteiger partial charge on any atom is -0.475 e. The van der Waals surface area contributed by atoms with E-state index in [1.807, 2.05) is 0 Å². The predicted molar refractivity (Wildman–Crippen MR) is 50.6 cm³/mol. The summed E-state index contributed by atoms with van der Waals surface area (Å²) >= 11 is 0. The number of carbonyl (C=O) groups is 2. The van der Waals surface area contributed by atoms with E-state index < -0.39 is 11.8 Å². The van der Waals surface area contributed by atoms with Crippen LogP contribution in [0.1, 0.15) is 46.0 Å². The molecule has 1 atom stereocenters. The van der Waals surface area contributed by atoms with Crippen molar-refractivity contribution < 1.29 is 14.7 Å². The van der Waals surface area contributed by atoms with Crippen LogP contribution in [0.25, 0.3) is 0 Å². The first-order valence-corrected chi connectivity index (χ1v) is 4.86. The number of Topliss-reactive ketones (excluding diaryl/α,β-unsaturated/α-hetero) is 1. The molecular weight excluding hydrogens is 168 g/mol. The highest BCUT2D eigenvalue weighted by Gasteiger charge is 2.19. The molecule has 1 N–H and O–H groups in total. The van der Waals surface area contributed by atoms with Crippen molar-refractivity contribution in [1.29, 1.82) is 0 Å². The lowest BCUT2D eigenvalue weighted by Crippen LogP contribution is -2.20. The van der Waals surface area contributed by atoms with Gasteiger partial charge in [0, 0.05) is 5.92 Å². The summed E-state index contributed by atoms with van der Waals surface area (Å²) in [5, 5.41) is 8.41. The van der Waals surface area contributed by atoms with Crippen LogP contribution < -0.4 is 0 Å². The first-order valence-electron chi connectivity index (χ1n) is 4.86. The van der Waals surface area contributed by atoms with Crippen molar-refractivity contribution in [2.45, 2.75) is 46.0 Å². The number of carbonyl (C=O) groups excluding carboxylic acids is 1. The second kappa shape index (κ2) is 6.63. The van der Waals surface area contributed by atoms with Crippen molar-refractivity contribution in [3.05, 3.63) is 0 Å². The Labute approximate surface area is 79.1 Å². The van der Waals surface area contributed by atoms with Gasteiger partial charge in [-0.1, -0.05) is 39.5 Å². The van der Waals surface area contributed by atoms with Crippen LogP contribution in [0.5, 0.6) is 0 Å².